The van der Waals surface area contributed by atoms with Gasteiger partial charge in [0.05, 0.1) is 11.6 Å². The summed E-state index contributed by atoms with van der Waals surface area (Å²) in [5.41, 5.74) is 3.19. The van der Waals surface area contributed by atoms with Gasteiger partial charge in [-0.2, -0.15) is 5.10 Å². The van der Waals surface area contributed by atoms with Crippen molar-refractivity contribution in [3.05, 3.63) is 70.1 Å². The van der Waals surface area contributed by atoms with Gasteiger partial charge in [-0.3, -0.25) is 4.79 Å². The highest BCUT2D eigenvalue weighted by atomic mass is 16.1. The highest BCUT2D eigenvalue weighted by Crippen LogP contribution is 2.16. The van der Waals surface area contributed by atoms with Crippen LogP contribution in [0.5, 0.6) is 0 Å². The number of H-pyrrole nitrogens is 1. The summed E-state index contributed by atoms with van der Waals surface area (Å²) in [4.78, 5) is 13.7. The number of benzene rings is 2. The van der Waals surface area contributed by atoms with Gasteiger partial charge in [0.15, 0.2) is 0 Å². The molecule has 2 aromatic carbocycles. The molecule has 3 aromatic rings. The molecule has 3 rings (SSSR count). The smallest absolute Gasteiger partial charge is 0.272 e. The molecule has 0 aliphatic carbocycles. The van der Waals surface area contributed by atoms with Crippen molar-refractivity contribution in [1.29, 1.82) is 0 Å². The maximum absolute atomic E-state index is 11.6. The molecule has 0 amide bonds. The van der Waals surface area contributed by atoms with Crippen LogP contribution in [0.1, 0.15) is 11.1 Å². The number of nitrogens with one attached hydrogen (secondary N) is 1. The van der Waals surface area contributed by atoms with Crippen LogP contribution in [-0.2, 0) is 0 Å². The van der Waals surface area contributed by atoms with Crippen LogP contribution < -0.4 is 10.5 Å². The van der Waals surface area contributed by atoms with Crippen molar-refractivity contribution in [3.63, 3.8) is 0 Å². The molecule has 0 atom stereocenters. The van der Waals surface area contributed by atoms with Crippen LogP contribution >= 0.6 is 0 Å². The Kier molecular flexibility index (Phi) is 3.74. The minimum atomic E-state index is -0.160. The van der Waals surface area contributed by atoms with Gasteiger partial charge in [0, 0.05) is 25.2 Å². The number of aromatic nitrogens is 2. The maximum Gasteiger partial charge on any atom is 0.272 e. The second kappa shape index (κ2) is 5.85. The molecule has 110 valence electrons. The SMILES string of the molecule is CN(C)c1ccc(/C=C/c2ccc3c(=O)[nH]ncc3c2)cc1. The Bertz CT molecular complexity index is 877. The van der Waals surface area contributed by atoms with Crippen molar-refractivity contribution in [3.8, 4) is 0 Å². The lowest BCUT2D eigenvalue weighted by atomic mass is 10.1. The molecule has 1 N–H and O–H groups in total. The van der Waals surface area contributed by atoms with E-state index in [9.17, 15) is 4.79 Å². The average Bonchev–Trinajstić information content (AvgIpc) is 2.53. The molecule has 0 unspecified atom stereocenters. The van der Waals surface area contributed by atoms with E-state index in [2.05, 4.69) is 45.4 Å². The molecule has 1 heterocycles. The van der Waals surface area contributed by atoms with E-state index in [0.29, 0.717) is 5.39 Å². The van der Waals surface area contributed by atoms with Gasteiger partial charge >= 0.3 is 0 Å². The average molecular weight is 291 g/mol. The minimum Gasteiger partial charge on any atom is -0.378 e. The third kappa shape index (κ3) is 2.91. The van der Waals surface area contributed by atoms with Crippen LogP contribution in [0.4, 0.5) is 5.69 Å². The lowest BCUT2D eigenvalue weighted by Gasteiger charge is -2.11. The Labute approximate surface area is 128 Å². The number of fused-ring (bicyclic) bond motifs is 1. The van der Waals surface area contributed by atoms with E-state index in [1.54, 1.807) is 6.20 Å². The number of anilines is 1. The molecule has 0 saturated heterocycles. The quantitative estimate of drug-likeness (QED) is 0.754. The van der Waals surface area contributed by atoms with Gasteiger partial charge < -0.3 is 4.90 Å². The summed E-state index contributed by atoms with van der Waals surface area (Å²) in [6.07, 6.45) is 5.76. The van der Waals surface area contributed by atoms with E-state index >= 15 is 0 Å². The Balaban J connectivity index is 1.87. The normalized spacial score (nSPS) is 11.2. The fraction of sp³-hybridized carbons (Fsp3) is 0.111. The first-order valence-electron chi connectivity index (χ1n) is 7.06. The molecule has 4 heteroatoms. The third-order valence-corrected chi connectivity index (χ3v) is 3.57. The predicted octanol–water partition coefficient (Wildman–Crippen LogP) is 3.16. The van der Waals surface area contributed by atoms with E-state index < -0.39 is 0 Å². The third-order valence-electron chi connectivity index (χ3n) is 3.57. The molecule has 0 saturated carbocycles. The van der Waals surface area contributed by atoms with Gasteiger partial charge in [-0.25, -0.2) is 5.10 Å². The minimum absolute atomic E-state index is 0.160. The number of hydrogen-bond donors (Lipinski definition) is 1. The number of hydrogen-bond acceptors (Lipinski definition) is 3. The van der Waals surface area contributed by atoms with Crippen molar-refractivity contribution in [1.82, 2.24) is 10.2 Å². The van der Waals surface area contributed by atoms with Gasteiger partial charge in [0.2, 0.25) is 0 Å². The zero-order chi connectivity index (χ0) is 15.5. The van der Waals surface area contributed by atoms with E-state index in [-0.39, 0.29) is 5.56 Å². The summed E-state index contributed by atoms with van der Waals surface area (Å²) in [5, 5.41) is 7.77. The van der Waals surface area contributed by atoms with E-state index in [1.165, 1.54) is 5.69 Å². The van der Waals surface area contributed by atoms with Crippen molar-refractivity contribution < 1.29 is 0 Å². The molecule has 0 aliphatic rings. The first-order chi connectivity index (χ1) is 10.6. The van der Waals surface area contributed by atoms with Crippen LogP contribution in [0.25, 0.3) is 22.9 Å². The predicted molar refractivity (Wildman–Crippen MR) is 92.1 cm³/mol. The lowest BCUT2D eigenvalue weighted by molar-refractivity contribution is 1.01. The van der Waals surface area contributed by atoms with Gasteiger partial charge in [0.25, 0.3) is 5.56 Å². The molecule has 0 radical (unpaired) electrons. The molecule has 4 nitrogen and oxygen atoms in total. The fourth-order valence-corrected chi connectivity index (χ4v) is 2.30. The maximum atomic E-state index is 11.6. The lowest BCUT2D eigenvalue weighted by Crippen LogP contribution is -2.07. The van der Waals surface area contributed by atoms with Crippen LogP contribution in [-0.4, -0.2) is 24.3 Å². The molecule has 0 fully saturated rings. The first-order valence-corrected chi connectivity index (χ1v) is 7.06. The topological polar surface area (TPSA) is 49.0 Å². The van der Waals surface area contributed by atoms with Crippen molar-refractivity contribution in [2.24, 2.45) is 0 Å². The van der Waals surface area contributed by atoms with Crippen molar-refractivity contribution >= 4 is 28.6 Å². The molecule has 0 aliphatic heterocycles. The molecule has 0 bridgehead atoms. The second-order valence-corrected chi connectivity index (χ2v) is 5.37. The Morgan fingerprint density at radius 2 is 1.68 bits per heavy atom. The first kappa shape index (κ1) is 14.1. The summed E-state index contributed by atoms with van der Waals surface area (Å²) in [5.74, 6) is 0. The Morgan fingerprint density at radius 3 is 2.41 bits per heavy atom. The molecular formula is C18H17N3O. The van der Waals surface area contributed by atoms with Crippen LogP contribution in [0.15, 0.2) is 53.5 Å². The monoisotopic (exact) mass is 291 g/mol. The molecular weight excluding hydrogens is 274 g/mol. The Hall–Kier alpha value is -2.88. The van der Waals surface area contributed by atoms with Crippen LogP contribution in [0.3, 0.4) is 0 Å². The number of nitrogens with zero attached hydrogens (tertiary/aromatic N) is 2. The van der Waals surface area contributed by atoms with Crippen LogP contribution in [0.2, 0.25) is 0 Å². The number of aromatic amines is 1. The summed E-state index contributed by atoms with van der Waals surface area (Å²) in [6, 6.07) is 14.1. The highest BCUT2D eigenvalue weighted by molar-refractivity contribution is 5.84. The summed E-state index contributed by atoms with van der Waals surface area (Å²) >= 11 is 0. The van der Waals surface area contributed by atoms with E-state index in [1.807, 2.05) is 38.4 Å². The Morgan fingerprint density at radius 1 is 1.00 bits per heavy atom. The fourth-order valence-electron chi connectivity index (χ4n) is 2.30. The summed E-state index contributed by atoms with van der Waals surface area (Å²) in [7, 11) is 4.05. The molecule has 1 aromatic heterocycles. The van der Waals surface area contributed by atoms with Gasteiger partial charge in [-0.05, 0) is 35.4 Å². The van der Waals surface area contributed by atoms with Gasteiger partial charge in [-0.1, -0.05) is 30.4 Å². The molecule has 22 heavy (non-hydrogen) atoms. The van der Waals surface area contributed by atoms with E-state index in [4.69, 9.17) is 0 Å². The van der Waals surface area contributed by atoms with Crippen LogP contribution in [0, 0.1) is 0 Å². The number of rotatable bonds is 3. The second-order valence-electron chi connectivity index (χ2n) is 5.37. The summed E-state index contributed by atoms with van der Waals surface area (Å²) in [6.45, 7) is 0. The molecule has 0 spiro atoms. The van der Waals surface area contributed by atoms with Crippen molar-refractivity contribution in [2.75, 3.05) is 19.0 Å². The zero-order valence-electron chi connectivity index (χ0n) is 12.6. The van der Waals surface area contributed by atoms with E-state index in [0.717, 1.165) is 16.5 Å². The van der Waals surface area contributed by atoms with Crippen molar-refractivity contribution in [2.45, 2.75) is 0 Å². The van der Waals surface area contributed by atoms with Gasteiger partial charge in [0.1, 0.15) is 0 Å². The highest BCUT2D eigenvalue weighted by Gasteiger charge is 1.99. The largest absolute Gasteiger partial charge is 0.378 e. The van der Waals surface area contributed by atoms with Gasteiger partial charge in [-0.15, -0.1) is 0 Å². The standard InChI is InChI=1S/C18H17N3O/c1-21(2)16-8-5-13(6-9-16)3-4-14-7-10-17-15(11-14)12-19-20-18(17)22/h3-12H,1-2H3,(H,20,22)/b4-3+. The summed E-state index contributed by atoms with van der Waals surface area (Å²) < 4.78 is 0. The zero-order valence-corrected chi connectivity index (χ0v) is 12.6.